The Labute approximate surface area is 189 Å². The first-order valence-electron chi connectivity index (χ1n) is 9.49. The lowest BCUT2D eigenvalue weighted by atomic mass is 10.1. The summed E-state index contributed by atoms with van der Waals surface area (Å²) in [6.07, 6.45) is 1.98. The zero-order valence-corrected chi connectivity index (χ0v) is 18.2. The lowest BCUT2D eigenvalue weighted by Gasteiger charge is -2.16. The van der Waals surface area contributed by atoms with Crippen molar-refractivity contribution in [3.05, 3.63) is 95.3 Å². The molecule has 156 valence electrons. The maximum absolute atomic E-state index is 12.8. The average Bonchev–Trinajstić information content (AvgIpc) is 3.28. The number of benzene rings is 3. The number of aromatic nitrogens is 2. The Morgan fingerprint density at radius 3 is 2.55 bits per heavy atom. The fourth-order valence-electron chi connectivity index (χ4n) is 3.03. The van der Waals surface area contributed by atoms with Crippen molar-refractivity contribution in [3.63, 3.8) is 0 Å². The van der Waals surface area contributed by atoms with Gasteiger partial charge in [0.05, 0.1) is 10.6 Å². The Kier molecular flexibility index (Phi) is 6.54. The second-order valence-electron chi connectivity index (χ2n) is 6.60. The number of hydrogen-bond donors (Lipinski definition) is 2. The summed E-state index contributed by atoms with van der Waals surface area (Å²) >= 11 is 7.86. The van der Waals surface area contributed by atoms with Crippen LogP contribution >= 0.6 is 23.4 Å². The maximum atomic E-state index is 12.8. The molecule has 0 saturated heterocycles. The van der Waals surface area contributed by atoms with E-state index in [1.165, 1.54) is 0 Å². The summed E-state index contributed by atoms with van der Waals surface area (Å²) in [5, 5.41) is 14.6. The minimum atomic E-state index is -0.631. The smallest absolute Gasteiger partial charge is 0.320 e. The summed E-state index contributed by atoms with van der Waals surface area (Å²) in [4.78, 5) is 13.8. The lowest BCUT2D eigenvalue weighted by molar-refractivity contribution is 0.248. The van der Waals surface area contributed by atoms with Gasteiger partial charge in [0, 0.05) is 10.6 Å². The first kappa shape index (κ1) is 21.0. The van der Waals surface area contributed by atoms with Crippen molar-refractivity contribution in [1.29, 1.82) is 0 Å². The van der Waals surface area contributed by atoms with Crippen molar-refractivity contribution in [1.82, 2.24) is 15.5 Å². The number of nitrogens with one attached hydrogen (secondary N) is 2. The number of urea groups is 1. The van der Waals surface area contributed by atoms with Crippen LogP contribution in [0.1, 0.15) is 17.5 Å². The van der Waals surface area contributed by atoms with Gasteiger partial charge in [-0.1, -0.05) is 60.1 Å². The van der Waals surface area contributed by atoms with Crippen LogP contribution in [0.15, 0.2) is 88.2 Å². The summed E-state index contributed by atoms with van der Waals surface area (Å²) in [5.74, 6) is 0.547. The Balaban J connectivity index is 1.60. The van der Waals surface area contributed by atoms with Crippen molar-refractivity contribution in [2.75, 3.05) is 11.6 Å². The molecule has 31 heavy (non-hydrogen) atoms. The van der Waals surface area contributed by atoms with Gasteiger partial charge in [-0.15, -0.1) is 22.0 Å². The van der Waals surface area contributed by atoms with Crippen LogP contribution in [-0.4, -0.2) is 22.5 Å². The summed E-state index contributed by atoms with van der Waals surface area (Å²) in [7, 11) is 0. The third-order valence-corrected chi connectivity index (χ3v) is 5.58. The molecule has 3 aromatic carbocycles. The number of anilines is 1. The number of carbonyl (C=O) groups is 1. The minimum absolute atomic E-state index is 0.258. The predicted octanol–water partition coefficient (Wildman–Crippen LogP) is 6.02. The fourth-order valence-corrected chi connectivity index (χ4v) is 3.70. The number of carbonyl (C=O) groups excluding carboxylic acids is 1. The molecule has 0 radical (unpaired) electrons. The molecule has 1 heterocycles. The Morgan fingerprint density at radius 1 is 1.00 bits per heavy atom. The zero-order valence-electron chi connectivity index (χ0n) is 16.6. The van der Waals surface area contributed by atoms with Crippen LogP contribution < -0.4 is 10.6 Å². The third-order valence-electron chi connectivity index (χ3n) is 4.53. The van der Waals surface area contributed by atoms with Gasteiger partial charge < -0.3 is 15.1 Å². The molecule has 2 N–H and O–H groups in total. The number of amides is 2. The Morgan fingerprint density at radius 2 is 1.77 bits per heavy atom. The summed E-state index contributed by atoms with van der Waals surface area (Å²) in [6.45, 7) is 0. The molecule has 0 aliphatic carbocycles. The summed E-state index contributed by atoms with van der Waals surface area (Å²) in [6, 6.07) is 23.3. The molecular formula is C23H19ClN4O2S. The molecule has 4 aromatic rings. The van der Waals surface area contributed by atoms with E-state index >= 15 is 0 Å². The molecule has 0 aliphatic rings. The molecule has 1 atom stereocenters. The van der Waals surface area contributed by atoms with E-state index in [0.717, 1.165) is 10.5 Å². The van der Waals surface area contributed by atoms with Gasteiger partial charge in [0.2, 0.25) is 11.8 Å². The van der Waals surface area contributed by atoms with Crippen LogP contribution in [0.4, 0.5) is 10.5 Å². The van der Waals surface area contributed by atoms with Crippen LogP contribution in [-0.2, 0) is 0 Å². The van der Waals surface area contributed by atoms with Crippen molar-refractivity contribution in [2.24, 2.45) is 0 Å². The molecule has 0 aliphatic heterocycles. The van der Waals surface area contributed by atoms with E-state index in [1.54, 1.807) is 23.9 Å². The maximum Gasteiger partial charge on any atom is 0.320 e. The summed E-state index contributed by atoms with van der Waals surface area (Å²) in [5.41, 5.74) is 2.14. The van der Waals surface area contributed by atoms with E-state index in [0.29, 0.717) is 16.3 Å². The van der Waals surface area contributed by atoms with Gasteiger partial charge in [-0.25, -0.2) is 4.79 Å². The molecule has 2 amide bonds. The first-order valence-corrected chi connectivity index (χ1v) is 11.1. The largest absolute Gasteiger partial charge is 0.418 e. The normalized spacial score (nSPS) is 11.7. The highest BCUT2D eigenvalue weighted by Crippen LogP contribution is 2.29. The topological polar surface area (TPSA) is 80.0 Å². The monoisotopic (exact) mass is 450 g/mol. The molecule has 0 bridgehead atoms. The summed E-state index contributed by atoms with van der Waals surface area (Å²) < 4.78 is 5.90. The molecule has 4 rings (SSSR count). The molecule has 0 saturated carbocycles. The number of nitrogens with zero attached hydrogens (tertiary/aromatic N) is 2. The SMILES string of the molecule is CSc1cccc(NC(=O)N[C@H](c2ccccc2)c2nnc(-c3ccccc3Cl)o2)c1. The Bertz CT molecular complexity index is 1180. The van der Waals surface area contributed by atoms with Gasteiger partial charge >= 0.3 is 6.03 Å². The lowest BCUT2D eigenvalue weighted by Crippen LogP contribution is -2.33. The zero-order chi connectivity index (χ0) is 21.6. The molecular weight excluding hydrogens is 432 g/mol. The molecule has 0 fully saturated rings. The molecule has 8 heteroatoms. The van der Waals surface area contributed by atoms with E-state index in [9.17, 15) is 4.79 Å². The Hall–Kier alpha value is -3.29. The van der Waals surface area contributed by atoms with Crippen LogP contribution in [0.25, 0.3) is 11.5 Å². The number of rotatable bonds is 6. The number of thioether (sulfide) groups is 1. The van der Waals surface area contributed by atoms with Crippen LogP contribution in [0, 0.1) is 0 Å². The second-order valence-corrected chi connectivity index (χ2v) is 7.89. The first-order chi connectivity index (χ1) is 15.1. The predicted molar refractivity (Wildman–Crippen MR) is 123 cm³/mol. The van der Waals surface area contributed by atoms with Crippen molar-refractivity contribution in [2.45, 2.75) is 10.9 Å². The molecule has 1 aromatic heterocycles. The van der Waals surface area contributed by atoms with Crippen LogP contribution in [0.5, 0.6) is 0 Å². The van der Waals surface area contributed by atoms with Gasteiger partial charge in [0.25, 0.3) is 0 Å². The third kappa shape index (κ3) is 5.07. The minimum Gasteiger partial charge on any atom is -0.418 e. The van der Waals surface area contributed by atoms with E-state index in [2.05, 4.69) is 20.8 Å². The van der Waals surface area contributed by atoms with Crippen molar-refractivity contribution >= 4 is 35.1 Å². The highest BCUT2D eigenvalue weighted by molar-refractivity contribution is 7.98. The highest BCUT2D eigenvalue weighted by Gasteiger charge is 2.24. The van der Waals surface area contributed by atoms with Gasteiger partial charge in [-0.05, 0) is 42.2 Å². The van der Waals surface area contributed by atoms with Crippen LogP contribution in [0.2, 0.25) is 5.02 Å². The van der Waals surface area contributed by atoms with E-state index in [4.69, 9.17) is 16.0 Å². The van der Waals surface area contributed by atoms with Gasteiger partial charge in [0.15, 0.2) is 0 Å². The quantitative estimate of drug-likeness (QED) is 0.351. The van der Waals surface area contributed by atoms with E-state index < -0.39 is 6.04 Å². The van der Waals surface area contributed by atoms with Gasteiger partial charge in [-0.3, -0.25) is 0 Å². The average molecular weight is 451 g/mol. The highest BCUT2D eigenvalue weighted by atomic mass is 35.5. The number of hydrogen-bond acceptors (Lipinski definition) is 5. The molecule has 6 nitrogen and oxygen atoms in total. The van der Waals surface area contributed by atoms with Crippen LogP contribution in [0.3, 0.4) is 0 Å². The molecule has 0 unspecified atom stereocenters. The van der Waals surface area contributed by atoms with Gasteiger partial charge in [-0.2, -0.15) is 0 Å². The van der Waals surface area contributed by atoms with Crippen molar-refractivity contribution < 1.29 is 9.21 Å². The fraction of sp³-hybridized carbons (Fsp3) is 0.0870. The van der Waals surface area contributed by atoms with E-state index in [-0.39, 0.29) is 17.8 Å². The number of halogens is 1. The van der Waals surface area contributed by atoms with Gasteiger partial charge in [0.1, 0.15) is 6.04 Å². The van der Waals surface area contributed by atoms with E-state index in [1.807, 2.05) is 73.0 Å². The molecule has 0 spiro atoms. The standard InChI is InChI=1S/C23H19ClN4O2S/c1-31-17-11-7-10-16(14-17)25-23(29)26-20(15-8-3-2-4-9-15)22-28-27-21(30-22)18-12-5-6-13-19(18)24/h2-14,20H,1H3,(H2,25,26,29)/t20-/m1/s1. The second kappa shape index (κ2) is 9.68. The van der Waals surface area contributed by atoms with Crippen molar-refractivity contribution in [3.8, 4) is 11.5 Å².